The molecule has 0 aromatic carbocycles. The highest BCUT2D eigenvalue weighted by Gasteiger charge is 2.40. The van der Waals surface area contributed by atoms with E-state index in [1.807, 2.05) is 0 Å². The number of pyridine rings is 1. The Labute approximate surface area is 223 Å². The molecule has 3 aromatic heterocycles. The zero-order valence-electron chi connectivity index (χ0n) is 21.8. The van der Waals surface area contributed by atoms with Crippen LogP contribution in [0.4, 0.5) is 23.5 Å². The zero-order chi connectivity index (χ0) is 27.7. The van der Waals surface area contributed by atoms with Crippen LogP contribution in [-0.4, -0.2) is 74.0 Å². The van der Waals surface area contributed by atoms with Crippen molar-refractivity contribution in [2.45, 2.75) is 82.8 Å². The Morgan fingerprint density at radius 1 is 1.15 bits per heavy atom. The average molecular weight is 553 g/mol. The van der Waals surface area contributed by atoms with E-state index in [0.717, 1.165) is 19.8 Å². The lowest BCUT2D eigenvalue weighted by Crippen LogP contribution is -2.45. The SMILES string of the molecule is C[C@H](n1c([C@@H](C)OC2CCCCO2)nc2cnc(Cc3ccnc(N4CCC(O)C(F)C4)n3)cc21)C(F)(F)F. The Morgan fingerprint density at radius 2 is 1.97 bits per heavy atom. The summed E-state index contributed by atoms with van der Waals surface area (Å²) < 4.78 is 68.7. The normalized spacial score (nSPS) is 24.2. The molecule has 5 atom stereocenters. The summed E-state index contributed by atoms with van der Waals surface area (Å²) in [5.41, 5.74) is 1.69. The van der Waals surface area contributed by atoms with Crippen molar-refractivity contribution < 1.29 is 32.1 Å². The molecule has 0 radical (unpaired) electrons. The molecule has 39 heavy (non-hydrogen) atoms. The van der Waals surface area contributed by atoms with Crippen molar-refractivity contribution in [2.75, 3.05) is 24.6 Å². The summed E-state index contributed by atoms with van der Waals surface area (Å²) in [7, 11) is 0. The lowest BCUT2D eigenvalue weighted by Gasteiger charge is -2.32. The van der Waals surface area contributed by atoms with Crippen LogP contribution in [0.25, 0.3) is 11.0 Å². The molecule has 0 saturated carbocycles. The predicted octanol–water partition coefficient (Wildman–Crippen LogP) is 4.45. The number of ether oxygens (including phenoxy) is 2. The van der Waals surface area contributed by atoms with Crippen molar-refractivity contribution in [1.82, 2.24) is 24.5 Å². The van der Waals surface area contributed by atoms with Gasteiger partial charge in [-0.1, -0.05) is 0 Å². The van der Waals surface area contributed by atoms with Gasteiger partial charge in [0.05, 0.1) is 30.1 Å². The fourth-order valence-corrected chi connectivity index (χ4v) is 5.00. The molecule has 2 aliphatic heterocycles. The van der Waals surface area contributed by atoms with Gasteiger partial charge in [-0.15, -0.1) is 0 Å². The maximum Gasteiger partial charge on any atom is 0.408 e. The molecular formula is C26H32F4N6O3. The van der Waals surface area contributed by atoms with Gasteiger partial charge < -0.3 is 24.0 Å². The lowest BCUT2D eigenvalue weighted by molar-refractivity contribution is -0.190. The number of alkyl halides is 4. The number of aliphatic hydroxyl groups excluding tert-OH is 1. The Bertz CT molecular complexity index is 1280. The summed E-state index contributed by atoms with van der Waals surface area (Å²) in [6.45, 7) is 3.73. The minimum absolute atomic E-state index is 0.0156. The van der Waals surface area contributed by atoms with E-state index in [2.05, 4.69) is 19.9 Å². The van der Waals surface area contributed by atoms with Crippen LogP contribution >= 0.6 is 0 Å². The Balaban J connectivity index is 1.43. The van der Waals surface area contributed by atoms with Gasteiger partial charge in [0.25, 0.3) is 0 Å². The van der Waals surface area contributed by atoms with Crippen LogP contribution in [0.1, 0.15) is 68.9 Å². The summed E-state index contributed by atoms with van der Waals surface area (Å²) in [5, 5.41) is 9.67. The van der Waals surface area contributed by atoms with Crippen LogP contribution in [-0.2, 0) is 15.9 Å². The van der Waals surface area contributed by atoms with E-state index < -0.39 is 36.9 Å². The molecule has 0 spiro atoms. The van der Waals surface area contributed by atoms with Crippen LogP contribution < -0.4 is 4.90 Å². The third-order valence-electron chi connectivity index (χ3n) is 7.23. The highest BCUT2D eigenvalue weighted by atomic mass is 19.4. The van der Waals surface area contributed by atoms with E-state index in [-0.39, 0.29) is 25.2 Å². The number of anilines is 1. The third-order valence-corrected chi connectivity index (χ3v) is 7.23. The summed E-state index contributed by atoms with van der Waals surface area (Å²) in [4.78, 5) is 19.3. The van der Waals surface area contributed by atoms with Gasteiger partial charge in [-0.3, -0.25) is 4.98 Å². The standard InChI is InChI=1S/C26H32F4N6O3/c1-15(39-23-5-3-4-10-38-23)24-34-20-13-32-18(12-21(20)36(24)16(2)26(28,29)30)11-17-6-8-31-25(33-17)35-9-7-22(37)19(27)14-35/h6,8,12-13,15-16,19,22-23,37H,3-5,7,9-11,14H2,1-2H3/t15-,16+,19?,22?,23?/m1/s1. The fraction of sp³-hybridized carbons (Fsp3) is 0.615. The van der Waals surface area contributed by atoms with Gasteiger partial charge in [0.2, 0.25) is 5.95 Å². The largest absolute Gasteiger partial charge is 0.408 e. The second kappa shape index (κ2) is 11.3. The van der Waals surface area contributed by atoms with E-state index >= 15 is 0 Å². The first-order valence-electron chi connectivity index (χ1n) is 13.2. The molecule has 13 heteroatoms. The third kappa shape index (κ3) is 6.15. The Kier molecular flexibility index (Phi) is 8.01. The maximum absolute atomic E-state index is 14.0. The van der Waals surface area contributed by atoms with E-state index in [9.17, 15) is 22.7 Å². The molecule has 2 fully saturated rings. The van der Waals surface area contributed by atoms with Gasteiger partial charge >= 0.3 is 6.18 Å². The molecule has 0 amide bonds. The highest BCUT2D eigenvalue weighted by molar-refractivity contribution is 5.76. The van der Waals surface area contributed by atoms with Gasteiger partial charge in [0.15, 0.2) is 6.29 Å². The number of piperidine rings is 1. The number of aromatic nitrogens is 5. The number of aliphatic hydroxyl groups is 1. The van der Waals surface area contributed by atoms with E-state index in [4.69, 9.17) is 9.47 Å². The number of rotatable bonds is 7. The van der Waals surface area contributed by atoms with Crippen molar-refractivity contribution in [1.29, 1.82) is 0 Å². The lowest BCUT2D eigenvalue weighted by atomic mass is 10.1. The Morgan fingerprint density at radius 3 is 2.69 bits per heavy atom. The minimum Gasteiger partial charge on any atom is -0.390 e. The summed E-state index contributed by atoms with van der Waals surface area (Å²) >= 11 is 0. The average Bonchev–Trinajstić information content (AvgIpc) is 3.29. The quantitative estimate of drug-likeness (QED) is 0.430. The van der Waals surface area contributed by atoms with Gasteiger partial charge in [0.1, 0.15) is 29.7 Å². The molecule has 0 aliphatic carbocycles. The molecule has 3 unspecified atom stereocenters. The van der Waals surface area contributed by atoms with E-state index in [1.165, 1.54) is 10.8 Å². The van der Waals surface area contributed by atoms with Crippen molar-refractivity contribution in [3.05, 3.63) is 41.7 Å². The van der Waals surface area contributed by atoms with E-state index in [1.54, 1.807) is 30.2 Å². The van der Waals surface area contributed by atoms with E-state index in [0.29, 0.717) is 47.9 Å². The zero-order valence-corrected chi connectivity index (χ0v) is 21.8. The van der Waals surface area contributed by atoms with Gasteiger partial charge in [-0.2, -0.15) is 13.2 Å². The van der Waals surface area contributed by atoms with Crippen LogP contribution in [0, 0.1) is 0 Å². The molecule has 3 aromatic rings. The number of halogens is 4. The molecule has 2 aliphatic rings. The molecule has 212 valence electrons. The Hall–Kier alpha value is -2.90. The minimum atomic E-state index is -4.51. The van der Waals surface area contributed by atoms with Crippen molar-refractivity contribution >= 4 is 17.0 Å². The smallest absolute Gasteiger partial charge is 0.390 e. The molecule has 1 N–H and O–H groups in total. The first-order chi connectivity index (χ1) is 18.6. The van der Waals surface area contributed by atoms with Crippen molar-refractivity contribution in [3.63, 3.8) is 0 Å². The number of hydrogen-bond donors (Lipinski definition) is 1. The van der Waals surface area contributed by atoms with Gasteiger partial charge in [0, 0.05) is 31.5 Å². The van der Waals surface area contributed by atoms with Crippen LogP contribution in [0.5, 0.6) is 0 Å². The van der Waals surface area contributed by atoms with Crippen LogP contribution in [0.3, 0.4) is 0 Å². The first kappa shape index (κ1) is 27.7. The molecule has 5 heterocycles. The first-order valence-corrected chi connectivity index (χ1v) is 13.2. The number of nitrogens with zero attached hydrogens (tertiary/aromatic N) is 6. The number of fused-ring (bicyclic) bond motifs is 1. The second-order valence-electron chi connectivity index (χ2n) is 10.1. The number of imidazole rings is 1. The molecule has 5 rings (SSSR count). The predicted molar refractivity (Wildman–Crippen MR) is 134 cm³/mol. The number of hydrogen-bond acceptors (Lipinski definition) is 8. The van der Waals surface area contributed by atoms with Crippen molar-refractivity contribution in [3.8, 4) is 0 Å². The summed E-state index contributed by atoms with van der Waals surface area (Å²) in [6, 6.07) is 1.43. The topological polar surface area (TPSA) is 98.4 Å². The summed E-state index contributed by atoms with van der Waals surface area (Å²) in [5.74, 6) is 0.484. The molecule has 0 bridgehead atoms. The highest BCUT2D eigenvalue weighted by Crippen LogP contribution is 2.37. The van der Waals surface area contributed by atoms with Gasteiger partial charge in [-0.25, -0.2) is 19.3 Å². The van der Waals surface area contributed by atoms with Crippen LogP contribution in [0.2, 0.25) is 0 Å². The second-order valence-corrected chi connectivity index (χ2v) is 10.1. The fourth-order valence-electron chi connectivity index (χ4n) is 5.00. The monoisotopic (exact) mass is 552 g/mol. The molecular weight excluding hydrogens is 520 g/mol. The van der Waals surface area contributed by atoms with Crippen LogP contribution in [0.15, 0.2) is 24.5 Å². The molecule has 2 saturated heterocycles. The molecule has 9 nitrogen and oxygen atoms in total. The summed E-state index contributed by atoms with van der Waals surface area (Å²) in [6.07, 6.45) is -2.09. The van der Waals surface area contributed by atoms with Gasteiger partial charge in [-0.05, 0) is 51.7 Å². The van der Waals surface area contributed by atoms with Crippen molar-refractivity contribution in [2.24, 2.45) is 0 Å². The maximum atomic E-state index is 14.0.